The Balaban J connectivity index is 2.49. The molecule has 6 nitrogen and oxygen atoms in total. The first-order valence-corrected chi connectivity index (χ1v) is 8.68. The first-order valence-electron chi connectivity index (χ1n) is 7.24. The molecule has 0 saturated carbocycles. The van der Waals surface area contributed by atoms with E-state index in [1.807, 2.05) is 0 Å². The average molecular weight is 329 g/mol. The molecular formula is C15H23NO5S. The summed E-state index contributed by atoms with van der Waals surface area (Å²) in [4.78, 5) is 0.0628. The predicted octanol–water partition coefficient (Wildman–Crippen LogP) is 2.13. The quantitative estimate of drug-likeness (QED) is 0.828. The Morgan fingerprint density at radius 1 is 1.00 bits per heavy atom. The zero-order chi connectivity index (χ0) is 16.3. The number of ether oxygens (including phenoxy) is 3. The SMILES string of the molecule is COc1cc(OC)c(S(=O)(=O)N2CCC(C)CC2)c(OC)c1. The molecule has 22 heavy (non-hydrogen) atoms. The zero-order valence-corrected chi connectivity index (χ0v) is 14.3. The lowest BCUT2D eigenvalue weighted by atomic mass is 10.0. The van der Waals surface area contributed by atoms with Gasteiger partial charge in [0.05, 0.1) is 21.3 Å². The third kappa shape index (κ3) is 3.15. The normalized spacial score (nSPS) is 17.3. The maximum atomic E-state index is 13.0. The number of rotatable bonds is 5. The van der Waals surface area contributed by atoms with E-state index in [2.05, 4.69) is 6.92 Å². The Labute approximate surface area is 132 Å². The fourth-order valence-corrected chi connectivity index (χ4v) is 4.33. The maximum absolute atomic E-state index is 13.0. The van der Waals surface area contributed by atoms with Gasteiger partial charge in [-0.3, -0.25) is 0 Å². The van der Waals surface area contributed by atoms with Gasteiger partial charge in [0.25, 0.3) is 0 Å². The monoisotopic (exact) mass is 329 g/mol. The molecule has 0 aromatic heterocycles. The van der Waals surface area contributed by atoms with E-state index in [1.54, 1.807) is 12.1 Å². The van der Waals surface area contributed by atoms with Crippen molar-refractivity contribution in [3.05, 3.63) is 12.1 Å². The summed E-state index contributed by atoms with van der Waals surface area (Å²) in [5.41, 5.74) is 0. The van der Waals surface area contributed by atoms with Crippen LogP contribution in [0.15, 0.2) is 17.0 Å². The van der Waals surface area contributed by atoms with Gasteiger partial charge in [-0.1, -0.05) is 6.92 Å². The van der Waals surface area contributed by atoms with Gasteiger partial charge < -0.3 is 14.2 Å². The molecule has 1 aliphatic heterocycles. The van der Waals surface area contributed by atoms with Crippen LogP contribution >= 0.6 is 0 Å². The van der Waals surface area contributed by atoms with E-state index in [-0.39, 0.29) is 16.4 Å². The van der Waals surface area contributed by atoms with Crippen LogP contribution in [0.25, 0.3) is 0 Å². The summed E-state index contributed by atoms with van der Waals surface area (Å²) in [6.07, 6.45) is 1.72. The lowest BCUT2D eigenvalue weighted by molar-refractivity contribution is 0.285. The molecule has 0 atom stereocenters. The Hall–Kier alpha value is -1.47. The molecule has 0 bridgehead atoms. The average Bonchev–Trinajstić information content (AvgIpc) is 2.53. The number of benzene rings is 1. The topological polar surface area (TPSA) is 65.1 Å². The summed E-state index contributed by atoms with van der Waals surface area (Å²) in [6, 6.07) is 3.12. The lowest BCUT2D eigenvalue weighted by Crippen LogP contribution is -2.38. The first kappa shape index (κ1) is 16.9. The fourth-order valence-electron chi connectivity index (χ4n) is 2.58. The number of sulfonamides is 1. The molecule has 0 amide bonds. The summed E-state index contributed by atoms with van der Waals surface area (Å²) < 4.78 is 43.1. The molecular weight excluding hydrogens is 306 g/mol. The molecule has 1 fully saturated rings. The van der Waals surface area contributed by atoms with Crippen molar-refractivity contribution in [2.45, 2.75) is 24.7 Å². The van der Waals surface area contributed by atoms with Crippen LogP contribution in [0.2, 0.25) is 0 Å². The van der Waals surface area contributed by atoms with Crippen LogP contribution in [-0.4, -0.2) is 47.1 Å². The van der Waals surface area contributed by atoms with Crippen molar-refractivity contribution in [3.8, 4) is 17.2 Å². The molecule has 2 rings (SSSR count). The molecule has 1 heterocycles. The van der Waals surface area contributed by atoms with Crippen LogP contribution in [0.3, 0.4) is 0 Å². The molecule has 1 aliphatic rings. The summed E-state index contributed by atoms with van der Waals surface area (Å²) in [5.74, 6) is 1.50. The molecule has 0 spiro atoms. The largest absolute Gasteiger partial charge is 0.496 e. The van der Waals surface area contributed by atoms with Crippen LogP contribution in [0.1, 0.15) is 19.8 Å². The van der Waals surface area contributed by atoms with E-state index >= 15 is 0 Å². The minimum absolute atomic E-state index is 0.0628. The van der Waals surface area contributed by atoms with Gasteiger partial charge in [-0.15, -0.1) is 0 Å². The number of hydrogen-bond acceptors (Lipinski definition) is 5. The standard InChI is InChI=1S/C15H23NO5S/c1-11-5-7-16(8-6-11)22(17,18)15-13(20-3)9-12(19-2)10-14(15)21-4/h9-11H,5-8H2,1-4H3. The van der Waals surface area contributed by atoms with Crippen LogP contribution < -0.4 is 14.2 Å². The summed E-state index contributed by atoms with van der Waals surface area (Å²) in [7, 11) is 0.712. The minimum Gasteiger partial charge on any atom is -0.496 e. The molecule has 0 aliphatic carbocycles. The first-order chi connectivity index (χ1) is 10.4. The van der Waals surface area contributed by atoms with Crippen molar-refractivity contribution in [2.75, 3.05) is 34.4 Å². The number of methoxy groups -OCH3 is 3. The Morgan fingerprint density at radius 3 is 1.91 bits per heavy atom. The van der Waals surface area contributed by atoms with E-state index in [9.17, 15) is 8.42 Å². The highest BCUT2D eigenvalue weighted by molar-refractivity contribution is 7.89. The zero-order valence-electron chi connectivity index (χ0n) is 13.5. The second kappa shape index (κ2) is 6.75. The highest BCUT2D eigenvalue weighted by atomic mass is 32.2. The summed E-state index contributed by atoms with van der Waals surface area (Å²) in [6.45, 7) is 3.17. The molecule has 124 valence electrons. The van der Waals surface area contributed by atoms with E-state index in [0.29, 0.717) is 24.8 Å². The summed E-state index contributed by atoms with van der Waals surface area (Å²) >= 11 is 0. The van der Waals surface area contributed by atoms with Gasteiger partial charge in [-0.2, -0.15) is 4.31 Å². The van der Waals surface area contributed by atoms with E-state index in [1.165, 1.54) is 25.6 Å². The van der Waals surface area contributed by atoms with E-state index in [4.69, 9.17) is 14.2 Å². The molecule has 7 heteroatoms. The van der Waals surface area contributed by atoms with Crippen molar-refractivity contribution in [3.63, 3.8) is 0 Å². The number of hydrogen-bond donors (Lipinski definition) is 0. The third-order valence-corrected chi connectivity index (χ3v) is 5.97. The fraction of sp³-hybridized carbons (Fsp3) is 0.600. The number of piperidine rings is 1. The smallest absolute Gasteiger partial charge is 0.250 e. The lowest BCUT2D eigenvalue weighted by Gasteiger charge is -2.30. The second-order valence-electron chi connectivity index (χ2n) is 5.45. The Morgan fingerprint density at radius 2 is 1.50 bits per heavy atom. The van der Waals surface area contributed by atoms with E-state index < -0.39 is 10.0 Å². The van der Waals surface area contributed by atoms with Gasteiger partial charge in [-0.25, -0.2) is 8.42 Å². The minimum atomic E-state index is -3.67. The molecule has 1 saturated heterocycles. The van der Waals surface area contributed by atoms with Gasteiger partial charge in [0.15, 0.2) is 4.90 Å². The van der Waals surface area contributed by atoms with Crippen molar-refractivity contribution < 1.29 is 22.6 Å². The Kier molecular flexibility index (Phi) is 5.18. The van der Waals surface area contributed by atoms with Crippen LogP contribution in [0, 0.1) is 5.92 Å². The van der Waals surface area contributed by atoms with Crippen molar-refractivity contribution in [1.29, 1.82) is 0 Å². The summed E-state index contributed by atoms with van der Waals surface area (Å²) in [5, 5.41) is 0. The molecule has 0 N–H and O–H groups in total. The van der Waals surface area contributed by atoms with Gasteiger partial charge in [0.2, 0.25) is 10.0 Å². The predicted molar refractivity (Wildman–Crippen MR) is 83.3 cm³/mol. The highest BCUT2D eigenvalue weighted by Crippen LogP contribution is 2.39. The van der Waals surface area contributed by atoms with Gasteiger partial charge in [0, 0.05) is 25.2 Å². The second-order valence-corrected chi connectivity index (χ2v) is 7.32. The van der Waals surface area contributed by atoms with Gasteiger partial charge in [-0.05, 0) is 18.8 Å². The third-order valence-electron chi connectivity index (χ3n) is 4.01. The highest BCUT2D eigenvalue weighted by Gasteiger charge is 2.33. The van der Waals surface area contributed by atoms with Crippen LogP contribution in [-0.2, 0) is 10.0 Å². The van der Waals surface area contributed by atoms with E-state index in [0.717, 1.165) is 12.8 Å². The van der Waals surface area contributed by atoms with Crippen molar-refractivity contribution in [1.82, 2.24) is 4.31 Å². The van der Waals surface area contributed by atoms with Crippen molar-refractivity contribution >= 4 is 10.0 Å². The van der Waals surface area contributed by atoms with Gasteiger partial charge >= 0.3 is 0 Å². The maximum Gasteiger partial charge on any atom is 0.250 e. The van der Waals surface area contributed by atoms with Gasteiger partial charge in [0.1, 0.15) is 17.2 Å². The molecule has 1 aromatic carbocycles. The van der Waals surface area contributed by atoms with Crippen LogP contribution in [0.4, 0.5) is 0 Å². The molecule has 1 aromatic rings. The van der Waals surface area contributed by atoms with Crippen LogP contribution in [0.5, 0.6) is 17.2 Å². The Bertz CT molecular complexity index is 596. The molecule has 0 radical (unpaired) electrons. The number of nitrogens with zero attached hydrogens (tertiary/aromatic N) is 1. The molecule has 0 unspecified atom stereocenters. The van der Waals surface area contributed by atoms with Crippen molar-refractivity contribution in [2.24, 2.45) is 5.92 Å².